The zero-order valence-corrected chi connectivity index (χ0v) is 9.92. The first-order valence-electron chi connectivity index (χ1n) is 4.83. The Balaban J connectivity index is 2.49. The van der Waals surface area contributed by atoms with Crippen LogP contribution in [0.15, 0.2) is 35.5 Å². The van der Waals surface area contributed by atoms with E-state index in [-0.39, 0.29) is 5.97 Å². The SMILES string of the molecule is C=C(CSc1ncccc1N)C(=O)OCC. The number of pyridine rings is 1. The van der Waals surface area contributed by atoms with Crippen LogP contribution in [0, 0.1) is 0 Å². The number of ether oxygens (including phenoxy) is 1. The van der Waals surface area contributed by atoms with Gasteiger partial charge < -0.3 is 10.5 Å². The highest BCUT2D eigenvalue weighted by molar-refractivity contribution is 7.99. The van der Waals surface area contributed by atoms with Crippen LogP contribution in [0.2, 0.25) is 0 Å². The number of carbonyl (C=O) groups is 1. The molecule has 0 spiro atoms. The maximum atomic E-state index is 11.3. The van der Waals surface area contributed by atoms with E-state index in [1.807, 2.05) is 0 Å². The number of thioether (sulfide) groups is 1. The summed E-state index contributed by atoms with van der Waals surface area (Å²) in [6.07, 6.45) is 1.66. The molecule has 0 aliphatic carbocycles. The molecular weight excluding hydrogens is 224 g/mol. The van der Waals surface area contributed by atoms with E-state index in [1.165, 1.54) is 11.8 Å². The molecule has 2 N–H and O–H groups in total. The topological polar surface area (TPSA) is 65.2 Å². The molecule has 0 saturated carbocycles. The zero-order valence-electron chi connectivity index (χ0n) is 9.10. The molecule has 0 unspecified atom stereocenters. The Kier molecular flexibility index (Phi) is 4.85. The molecule has 4 nitrogen and oxygen atoms in total. The van der Waals surface area contributed by atoms with Crippen molar-refractivity contribution in [2.75, 3.05) is 18.1 Å². The van der Waals surface area contributed by atoms with Gasteiger partial charge in [-0.1, -0.05) is 18.3 Å². The molecule has 0 aliphatic heterocycles. The number of hydrogen-bond acceptors (Lipinski definition) is 5. The first kappa shape index (κ1) is 12.6. The summed E-state index contributed by atoms with van der Waals surface area (Å²) in [7, 11) is 0. The van der Waals surface area contributed by atoms with Gasteiger partial charge in [-0.2, -0.15) is 0 Å². The molecule has 0 atom stereocenters. The van der Waals surface area contributed by atoms with Gasteiger partial charge in [0.25, 0.3) is 0 Å². The standard InChI is InChI=1S/C11H14N2O2S/c1-3-15-11(14)8(2)7-16-10-9(12)5-4-6-13-10/h4-6H,2-3,7,12H2,1H3. The number of hydrogen-bond donors (Lipinski definition) is 1. The minimum Gasteiger partial charge on any atom is -0.463 e. The van der Waals surface area contributed by atoms with Crippen LogP contribution in [0.3, 0.4) is 0 Å². The highest BCUT2D eigenvalue weighted by atomic mass is 32.2. The van der Waals surface area contributed by atoms with Gasteiger partial charge in [-0.05, 0) is 19.1 Å². The second-order valence-electron chi connectivity index (χ2n) is 3.01. The third-order valence-electron chi connectivity index (χ3n) is 1.75. The summed E-state index contributed by atoms with van der Waals surface area (Å²) in [6.45, 7) is 5.77. The Bertz CT molecular complexity index is 393. The molecule has 5 heteroatoms. The third-order valence-corrected chi connectivity index (χ3v) is 2.86. The minimum absolute atomic E-state index is 0.355. The Labute approximate surface area is 98.9 Å². The van der Waals surface area contributed by atoms with Gasteiger partial charge in [0.15, 0.2) is 0 Å². The molecule has 1 aromatic heterocycles. The normalized spacial score (nSPS) is 9.81. The second-order valence-corrected chi connectivity index (χ2v) is 3.97. The van der Waals surface area contributed by atoms with Crippen molar-refractivity contribution in [3.8, 4) is 0 Å². The van der Waals surface area contributed by atoms with Crippen LogP contribution in [-0.2, 0) is 9.53 Å². The lowest BCUT2D eigenvalue weighted by atomic mass is 10.4. The summed E-state index contributed by atoms with van der Waals surface area (Å²) in [5.74, 6) is 0.0598. The molecule has 0 fully saturated rings. The predicted molar refractivity (Wildman–Crippen MR) is 65.1 cm³/mol. The van der Waals surface area contributed by atoms with Crippen LogP contribution >= 0.6 is 11.8 Å². The van der Waals surface area contributed by atoms with Crippen molar-refractivity contribution >= 4 is 23.4 Å². The number of esters is 1. The molecule has 1 aromatic rings. The number of nitrogens with two attached hydrogens (primary N) is 1. The van der Waals surface area contributed by atoms with Crippen LogP contribution in [0.4, 0.5) is 5.69 Å². The fourth-order valence-corrected chi connectivity index (χ4v) is 1.77. The van der Waals surface area contributed by atoms with E-state index >= 15 is 0 Å². The molecule has 0 aliphatic rings. The monoisotopic (exact) mass is 238 g/mol. The number of nitrogen functional groups attached to an aromatic ring is 1. The largest absolute Gasteiger partial charge is 0.463 e. The first-order chi connectivity index (χ1) is 7.65. The van der Waals surface area contributed by atoms with E-state index in [9.17, 15) is 4.79 Å². The van der Waals surface area contributed by atoms with Crippen molar-refractivity contribution < 1.29 is 9.53 Å². The second kappa shape index (κ2) is 6.17. The predicted octanol–water partition coefficient (Wildman–Crippen LogP) is 1.88. The van der Waals surface area contributed by atoms with Crippen molar-refractivity contribution in [2.24, 2.45) is 0 Å². The van der Waals surface area contributed by atoms with Gasteiger partial charge >= 0.3 is 5.97 Å². The van der Waals surface area contributed by atoms with Gasteiger partial charge in [0.05, 0.1) is 12.3 Å². The summed E-state index contributed by atoms with van der Waals surface area (Å²) in [5, 5.41) is 0.702. The number of nitrogens with zero attached hydrogens (tertiary/aromatic N) is 1. The first-order valence-corrected chi connectivity index (χ1v) is 5.82. The molecular formula is C11H14N2O2S. The van der Waals surface area contributed by atoms with Gasteiger partial charge in [-0.15, -0.1) is 0 Å². The van der Waals surface area contributed by atoms with E-state index in [2.05, 4.69) is 11.6 Å². The molecule has 0 saturated heterocycles. The van der Waals surface area contributed by atoms with E-state index in [0.29, 0.717) is 28.6 Å². The van der Waals surface area contributed by atoms with Crippen LogP contribution in [0.25, 0.3) is 0 Å². The quantitative estimate of drug-likeness (QED) is 0.482. The van der Waals surface area contributed by atoms with E-state index in [4.69, 9.17) is 10.5 Å². The van der Waals surface area contributed by atoms with Crippen molar-refractivity contribution in [2.45, 2.75) is 11.9 Å². The van der Waals surface area contributed by atoms with Crippen LogP contribution in [-0.4, -0.2) is 23.3 Å². The fraction of sp³-hybridized carbons (Fsp3) is 0.273. The highest BCUT2D eigenvalue weighted by Crippen LogP contribution is 2.23. The Morgan fingerprint density at radius 3 is 3.06 bits per heavy atom. The summed E-state index contributed by atoms with van der Waals surface area (Å²) in [4.78, 5) is 15.4. The molecule has 0 radical (unpaired) electrons. The van der Waals surface area contributed by atoms with Crippen molar-refractivity contribution in [3.05, 3.63) is 30.5 Å². The molecule has 86 valence electrons. The fourth-order valence-electron chi connectivity index (χ4n) is 0.971. The van der Waals surface area contributed by atoms with Crippen molar-refractivity contribution in [1.82, 2.24) is 4.98 Å². The average Bonchev–Trinajstić information content (AvgIpc) is 2.28. The Morgan fingerprint density at radius 1 is 1.69 bits per heavy atom. The summed E-state index contributed by atoms with van der Waals surface area (Å²) >= 11 is 1.37. The van der Waals surface area contributed by atoms with E-state index < -0.39 is 0 Å². The lowest BCUT2D eigenvalue weighted by Crippen LogP contribution is -2.08. The lowest BCUT2D eigenvalue weighted by molar-refractivity contribution is -0.138. The molecule has 16 heavy (non-hydrogen) atoms. The summed E-state index contributed by atoms with van der Waals surface area (Å²) in [6, 6.07) is 3.53. The lowest BCUT2D eigenvalue weighted by Gasteiger charge is -2.05. The molecule has 0 amide bonds. The summed E-state index contributed by atoms with van der Waals surface area (Å²) < 4.78 is 4.82. The van der Waals surface area contributed by atoms with Crippen LogP contribution in [0.1, 0.15) is 6.92 Å². The summed E-state index contributed by atoms with van der Waals surface area (Å²) in [5.41, 5.74) is 6.73. The van der Waals surface area contributed by atoms with Gasteiger partial charge in [0, 0.05) is 17.5 Å². The average molecular weight is 238 g/mol. The molecule has 1 rings (SSSR count). The molecule has 1 heterocycles. The Hall–Kier alpha value is -1.49. The van der Waals surface area contributed by atoms with E-state index in [1.54, 1.807) is 25.3 Å². The number of rotatable bonds is 5. The van der Waals surface area contributed by atoms with Crippen LogP contribution < -0.4 is 5.73 Å². The number of anilines is 1. The highest BCUT2D eigenvalue weighted by Gasteiger charge is 2.09. The zero-order chi connectivity index (χ0) is 12.0. The minimum atomic E-state index is -0.371. The van der Waals surface area contributed by atoms with Gasteiger partial charge in [-0.25, -0.2) is 9.78 Å². The maximum Gasteiger partial charge on any atom is 0.334 e. The van der Waals surface area contributed by atoms with Crippen molar-refractivity contribution in [1.29, 1.82) is 0 Å². The number of carbonyl (C=O) groups excluding carboxylic acids is 1. The van der Waals surface area contributed by atoms with Gasteiger partial charge in [0.1, 0.15) is 5.03 Å². The van der Waals surface area contributed by atoms with Crippen LogP contribution in [0.5, 0.6) is 0 Å². The van der Waals surface area contributed by atoms with E-state index in [0.717, 1.165) is 0 Å². The Morgan fingerprint density at radius 2 is 2.44 bits per heavy atom. The van der Waals surface area contributed by atoms with Gasteiger partial charge in [0.2, 0.25) is 0 Å². The van der Waals surface area contributed by atoms with Gasteiger partial charge in [-0.3, -0.25) is 0 Å². The maximum absolute atomic E-state index is 11.3. The smallest absolute Gasteiger partial charge is 0.334 e. The molecule has 0 bridgehead atoms. The molecule has 0 aromatic carbocycles. The number of aromatic nitrogens is 1. The third kappa shape index (κ3) is 3.58. The van der Waals surface area contributed by atoms with Crippen molar-refractivity contribution in [3.63, 3.8) is 0 Å².